The van der Waals surface area contributed by atoms with Gasteiger partial charge in [0.15, 0.2) is 0 Å². The molecule has 0 radical (unpaired) electrons. The van der Waals surface area contributed by atoms with Gasteiger partial charge in [0.1, 0.15) is 10.9 Å². The molecule has 0 amide bonds. The minimum absolute atomic E-state index is 0.236. The van der Waals surface area contributed by atoms with Crippen LogP contribution in [0.25, 0.3) is 0 Å². The zero-order valence-electron chi connectivity index (χ0n) is 6.77. The highest BCUT2D eigenvalue weighted by Gasteiger charge is 2.00. The maximum atomic E-state index is 11.7. The molecule has 0 spiro atoms. The molecule has 0 aromatic carbocycles. The summed E-state index contributed by atoms with van der Waals surface area (Å²) in [5.74, 6) is 0.503. The summed E-state index contributed by atoms with van der Waals surface area (Å²) in [6.45, 7) is -0.0785. The Hall–Kier alpha value is -0.540. The van der Waals surface area contributed by atoms with E-state index in [4.69, 9.17) is 27.9 Å². The van der Waals surface area contributed by atoms with Gasteiger partial charge in [0, 0.05) is 12.5 Å². The van der Waals surface area contributed by atoms with Crippen LogP contribution in [0.1, 0.15) is 6.42 Å². The van der Waals surface area contributed by atoms with Gasteiger partial charge < -0.3 is 4.74 Å². The van der Waals surface area contributed by atoms with Crippen molar-refractivity contribution in [1.82, 2.24) is 4.98 Å². The molecule has 0 saturated carbocycles. The van der Waals surface area contributed by atoms with Crippen LogP contribution < -0.4 is 4.74 Å². The molecular weight excluding hydrogens is 216 g/mol. The molecule has 5 heteroatoms. The van der Waals surface area contributed by atoms with E-state index >= 15 is 0 Å². The van der Waals surface area contributed by atoms with Crippen molar-refractivity contribution in [2.45, 2.75) is 6.42 Å². The summed E-state index contributed by atoms with van der Waals surface area (Å²) in [6.07, 6.45) is 1.81. The topological polar surface area (TPSA) is 22.1 Å². The van der Waals surface area contributed by atoms with Crippen LogP contribution in [-0.4, -0.2) is 18.3 Å². The van der Waals surface area contributed by atoms with E-state index in [1.807, 2.05) is 0 Å². The summed E-state index contributed by atoms with van der Waals surface area (Å²) < 4.78 is 16.8. The van der Waals surface area contributed by atoms with Crippen molar-refractivity contribution in [3.05, 3.63) is 22.4 Å². The molecule has 13 heavy (non-hydrogen) atoms. The molecule has 0 saturated heterocycles. The highest BCUT2D eigenvalue weighted by atomic mass is 35.5. The van der Waals surface area contributed by atoms with Gasteiger partial charge in [-0.15, -0.1) is 0 Å². The Morgan fingerprint density at radius 2 is 2.23 bits per heavy atom. The van der Waals surface area contributed by atoms with Gasteiger partial charge in [-0.2, -0.15) is 0 Å². The highest BCUT2D eigenvalue weighted by molar-refractivity contribution is 6.41. The van der Waals surface area contributed by atoms with Crippen LogP contribution >= 0.6 is 23.2 Å². The number of halogens is 3. The van der Waals surface area contributed by atoms with Crippen molar-refractivity contribution < 1.29 is 9.13 Å². The lowest BCUT2D eigenvalue weighted by atomic mass is 10.4. The number of nitrogens with zero attached hydrogens (tertiary/aromatic N) is 1. The van der Waals surface area contributed by atoms with Gasteiger partial charge in [-0.25, -0.2) is 4.98 Å². The maximum Gasteiger partial charge on any atom is 0.147 e. The van der Waals surface area contributed by atoms with Crippen molar-refractivity contribution in [2.75, 3.05) is 13.3 Å². The number of rotatable bonds is 4. The average Bonchev–Trinajstić information content (AvgIpc) is 2.12. The van der Waals surface area contributed by atoms with E-state index in [9.17, 15) is 4.39 Å². The van der Waals surface area contributed by atoms with Gasteiger partial charge in [-0.05, 0) is 0 Å². The molecule has 1 heterocycles. The van der Waals surface area contributed by atoms with Gasteiger partial charge >= 0.3 is 0 Å². The predicted molar refractivity (Wildman–Crippen MR) is 50.3 cm³/mol. The Bertz CT molecular complexity index is 283. The van der Waals surface area contributed by atoms with E-state index in [1.54, 1.807) is 6.07 Å². The number of hydrogen-bond acceptors (Lipinski definition) is 2. The van der Waals surface area contributed by atoms with E-state index in [1.165, 1.54) is 6.20 Å². The molecule has 0 unspecified atom stereocenters. The zero-order valence-corrected chi connectivity index (χ0v) is 8.28. The van der Waals surface area contributed by atoms with Crippen LogP contribution in [0.15, 0.2) is 12.3 Å². The van der Waals surface area contributed by atoms with Crippen molar-refractivity contribution in [3.63, 3.8) is 0 Å². The molecule has 0 N–H and O–H groups in total. The Morgan fingerprint density at radius 1 is 1.46 bits per heavy atom. The number of alkyl halides is 1. The monoisotopic (exact) mass is 223 g/mol. The second-order valence-corrected chi connectivity index (χ2v) is 3.10. The van der Waals surface area contributed by atoms with E-state index in [2.05, 4.69) is 4.98 Å². The smallest absolute Gasteiger partial charge is 0.147 e. The predicted octanol–water partition coefficient (Wildman–Crippen LogP) is 3.13. The first-order chi connectivity index (χ1) is 6.24. The summed E-state index contributed by atoms with van der Waals surface area (Å²) >= 11 is 11.3. The maximum absolute atomic E-state index is 11.7. The van der Waals surface area contributed by atoms with E-state index in [0.29, 0.717) is 23.8 Å². The summed E-state index contributed by atoms with van der Waals surface area (Å²) in [4.78, 5) is 3.77. The second kappa shape index (κ2) is 5.25. The number of pyridine rings is 1. The molecule has 1 aromatic heterocycles. The van der Waals surface area contributed by atoms with Crippen LogP contribution in [0.4, 0.5) is 4.39 Å². The van der Waals surface area contributed by atoms with Gasteiger partial charge in [0.2, 0.25) is 0 Å². The van der Waals surface area contributed by atoms with Crippen LogP contribution in [0, 0.1) is 0 Å². The minimum atomic E-state index is -0.394. The van der Waals surface area contributed by atoms with E-state index < -0.39 is 6.67 Å². The van der Waals surface area contributed by atoms with Gasteiger partial charge in [0.05, 0.1) is 24.5 Å². The molecule has 0 bridgehead atoms. The normalized spacial score (nSPS) is 10.1. The lowest BCUT2D eigenvalue weighted by molar-refractivity contribution is 0.289. The lowest BCUT2D eigenvalue weighted by Gasteiger charge is -2.04. The summed E-state index contributed by atoms with van der Waals surface area (Å²) in [7, 11) is 0. The second-order valence-electron chi connectivity index (χ2n) is 2.33. The molecule has 2 nitrogen and oxygen atoms in total. The number of aromatic nitrogens is 1. The third-order valence-electron chi connectivity index (χ3n) is 1.32. The molecule has 0 atom stereocenters. The molecule has 1 rings (SSSR count). The largest absolute Gasteiger partial charge is 0.492 e. The van der Waals surface area contributed by atoms with Crippen LogP contribution in [0.5, 0.6) is 5.75 Å². The van der Waals surface area contributed by atoms with Gasteiger partial charge in [-0.3, -0.25) is 4.39 Å². The van der Waals surface area contributed by atoms with Crippen molar-refractivity contribution in [2.24, 2.45) is 0 Å². The third-order valence-corrected chi connectivity index (χ3v) is 2.00. The molecule has 0 aliphatic carbocycles. The van der Waals surface area contributed by atoms with Crippen molar-refractivity contribution in [1.29, 1.82) is 0 Å². The standard InChI is InChI=1S/C8H8Cl2FNO/c9-7-4-6(5-12-8(7)10)13-3-1-2-11/h4-5H,1-3H2. The summed E-state index contributed by atoms with van der Waals surface area (Å²) in [5, 5.41) is 0.568. The Morgan fingerprint density at radius 3 is 2.85 bits per heavy atom. The van der Waals surface area contributed by atoms with Crippen LogP contribution in [-0.2, 0) is 0 Å². The molecule has 0 aliphatic rings. The SMILES string of the molecule is FCCCOc1cnc(Cl)c(Cl)c1. The first kappa shape index (κ1) is 10.5. The first-order valence-electron chi connectivity index (χ1n) is 3.74. The fraction of sp³-hybridized carbons (Fsp3) is 0.375. The van der Waals surface area contributed by atoms with Gasteiger partial charge in [0.25, 0.3) is 0 Å². The fourth-order valence-corrected chi connectivity index (χ4v) is 0.987. The number of hydrogen-bond donors (Lipinski definition) is 0. The quantitative estimate of drug-likeness (QED) is 0.579. The average molecular weight is 224 g/mol. The fourth-order valence-electron chi connectivity index (χ4n) is 0.727. The van der Waals surface area contributed by atoms with E-state index in [0.717, 1.165) is 0 Å². The van der Waals surface area contributed by atoms with Crippen molar-refractivity contribution in [3.8, 4) is 5.75 Å². The molecular formula is C8H8Cl2FNO. The summed E-state index contributed by atoms with van der Waals surface area (Å²) in [5.41, 5.74) is 0. The first-order valence-corrected chi connectivity index (χ1v) is 4.49. The van der Waals surface area contributed by atoms with Crippen molar-refractivity contribution >= 4 is 23.2 Å². The van der Waals surface area contributed by atoms with Crippen LogP contribution in [0.2, 0.25) is 10.2 Å². The Labute approximate surface area is 85.6 Å². The molecule has 1 aromatic rings. The number of ether oxygens (including phenoxy) is 1. The Kier molecular flexibility index (Phi) is 4.25. The lowest BCUT2D eigenvalue weighted by Crippen LogP contribution is -1.98. The summed E-state index contributed by atoms with van der Waals surface area (Å²) in [6, 6.07) is 1.55. The molecule has 0 fully saturated rings. The molecule has 0 aliphatic heterocycles. The minimum Gasteiger partial charge on any atom is -0.492 e. The zero-order chi connectivity index (χ0) is 9.68. The van der Waals surface area contributed by atoms with Crippen LogP contribution in [0.3, 0.4) is 0 Å². The molecule has 72 valence electrons. The highest BCUT2D eigenvalue weighted by Crippen LogP contribution is 2.23. The Balaban J connectivity index is 2.53. The third kappa shape index (κ3) is 3.36. The van der Waals surface area contributed by atoms with E-state index in [-0.39, 0.29) is 5.15 Å². The van der Waals surface area contributed by atoms with Gasteiger partial charge in [-0.1, -0.05) is 23.2 Å².